The minimum absolute atomic E-state index is 0.0730. The van der Waals surface area contributed by atoms with E-state index in [-0.39, 0.29) is 17.5 Å². The summed E-state index contributed by atoms with van der Waals surface area (Å²) < 4.78 is 0. The summed E-state index contributed by atoms with van der Waals surface area (Å²) in [4.78, 5) is 36.1. The van der Waals surface area contributed by atoms with E-state index >= 15 is 0 Å². The second-order valence-electron chi connectivity index (χ2n) is 7.24. The lowest BCUT2D eigenvalue weighted by Crippen LogP contribution is -2.22. The summed E-state index contributed by atoms with van der Waals surface area (Å²) in [6.07, 6.45) is 0.297. The molecule has 8 heteroatoms. The molecule has 1 atom stereocenters. The Morgan fingerprint density at radius 3 is 2.34 bits per heavy atom. The molecule has 0 heterocycles. The zero-order chi connectivity index (χ0) is 23.1. The number of carbonyl (C=O) groups excluding carboxylic acids is 2. The van der Waals surface area contributed by atoms with Crippen LogP contribution in [0.15, 0.2) is 77.7 Å². The number of benzene rings is 3. The van der Waals surface area contributed by atoms with Gasteiger partial charge < -0.3 is 10.6 Å². The van der Waals surface area contributed by atoms with Crippen LogP contribution in [0, 0.1) is 17.0 Å². The number of aryl methyl sites for hydroxylation is 1. The van der Waals surface area contributed by atoms with E-state index < -0.39 is 10.2 Å². The molecule has 3 aromatic rings. The Kier molecular flexibility index (Phi) is 7.62. The number of nitro benzene ring substituents is 1. The van der Waals surface area contributed by atoms with Crippen LogP contribution in [-0.4, -0.2) is 22.0 Å². The third-order valence-electron chi connectivity index (χ3n) is 4.72. The number of hydrogen-bond donors (Lipinski definition) is 2. The van der Waals surface area contributed by atoms with Crippen molar-refractivity contribution < 1.29 is 14.5 Å². The number of nitrogens with one attached hydrogen (secondary N) is 2. The topological polar surface area (TPSA) is 101 Å². The average molecular weight is 450 g/mol. The molecule has 2 N–H and O–H groups in total. The molecule has 0 saturated carbocycles. The maximum absolute atomic E-state index is 12.6. The molecular weight excluding hydrogens is 426 g/mol. The number of thioether (sulfide) groups is 1. The molecule has 0 aliphatic carbocycles. The van der Waals surface area contributed by atoms with Gasteiger partial charge in [0.05, 0.1) is 22.3 Å². The van der Waals surface area contributed by atoms with E-state index in [9.17, 15) is 19.7 Å². The van der Waals surface area contributed by atoms with Gasteiger partial charge in [0.15, 0.2) is 0 Å². The maximum atomic E-state index is 12.6. The van der Waals surface area contributed by atoms with E-state index in [1.54, 1.807) is 32.0 Å². The average Bonchev–Trinajstić information content (AvgIpc) is 2.77. The molecule has 0 fully saturated rings. The number of hydrogen-bond acceptors (Lipinski definition) is 5. The minimum Gasteiger partial charge on any atom is -0.326 e. The Morgan fingerprint density at radius 2 is 1.69 bits per heavy atom. The number of rotatable bonds is 8. The number of nitro groups is 1. The summed E-state index contributed by atoms with van der Waals surface area (Å²) in [7, 11) is 0. The standard InChI is InChI=1S/C24H23N3O4S/c1-16-8-11-20(27(30)31)15-22(16)26-24(29)17(2)32-21-12-9-19(10-13-21)25-23(28)14-18-6-4-3-5-7-18/h3-13,15,17H,14H2,1-2H3,(H,25,28)(H,26,29). The Hall–Kier alpha value is -3.65. The van der Waals surface area contributed by atoms with E-state index in [4.69, 9.17) is 0 Å². The predicted octanol–water partition coefficient (Wildman–Crippen LogP) is 5.20. The summed E-state index contributed by atoms with van der Waals surface area (Å²) in [5, 5.41) is 16.2. The molecule has 0 aliphatic heterocycles. The predicted molar refractivity (Wildman–Crippen MR) is 127 cm³/mol. The van der Waals surface area contributed by atoms with Gasteiger partial charge in [-0.3, -0.25) is 19.7 Å². The fourth-order valence-electron chi connectivity index (χ4n) is 2.95. The van der Waals surface area contributed by atoms with Gasteiger partial charge in [-0.25, -0.2) is 0 Å². The summed E-state index contributed by atoms with van der Waals surface area (Å²) in [6.45, 7) is 3.55. The van der Waals surface area contributed by atoms with Gasteiger partial charge in [0, 0.05) is 22.7 Å². The normalized spacial score (nSPS) is 11.4. The summed E-state index contributed by atoms with van der Waals surface area (Å²) in [6, 6.07) is 21.1. The van der Waals surface area contributed by atoms with Gasteiger partial charge >= 0.3 is 0 Å². The van der Waals surface area contributed by atoms with Crippen molar-refractivity contribution >= 4 is 40.6 Å². The van der Waals surface area contributed by atoms with Crippen LogP contribution < -0.4 is 10.6 Å². The smallest absolute Gasteiger partial charge is 0.271 e. The first kappa shape index (κ1) is 23.0. The number of anilines is 2. The highest BCUT2D eigenvalue weighted by Gasteiger charge is 2.17. The fraction of sp³-hybridized carbons (Fsp3) is 0.167. The Labute approximate surface area is 190 Å². The number of carbonyl (C=O) groups is 2. The molecular formula is C24H23N3O4S. The molecule has 32 heavy (non-hydrogen) atoms. The van der Waals surface area contributed by atoms with Crippen molar-refractivity contribution in [3.8, 4) is 0 Å². The summed E-state index contributed by atoms with van der Waals surface area (Å²) >= 11 is 1.36. The lowest BCUT2D eigenvalue weighted by Gasteiger charge is -2.14. The second-order valence-corrected chi connectivity index (χ2v) is 8.65. The van der Waals surface area contributed by atoms with Gasteiger partial charge in [-0.2, -0.15) is 0 Å². The first-order chi connectivity index (χ1) is 15.3. The van der Waals surface area contributed by atoms with E-state index in [0.717, 1.165) is 16.0 Å². The van der Waals surface area contributed by atoms with Crippen LogP contribution in [0.2, 0.25) is 0 Å². The Balaban J connectivity index is 1.55. The largest absolute Gasteiger partial charge is 0.326 e. The zero-order valence-corrected chi connectivity index (χ0v) is 18.5. The highest BCUT2D eigenvalue weighted by Crippen LogP contribution is 2.27. The van der Waals surface area contributed by atoms with Gasteiger partial charge in [-0.1, -0.05) is 36.4 Å². The van der Waals surface area contributed by atoms with Crippen LogP contribution in [0.25, 0.3) is 0 Å². The van der Waals surface area contributed by atoms with Crippen LogP contribution in [-0.2, 0) is 16.0 Å². The molecule has 0 aromatic heterocycles. The van der Waals surface area contributed by atoms with Crippen LogP contribution in [0.1, 0.15) is 18.1 Å². The van der Waals surface area contributed by atoms with E-state index in [1.807, 2.05) is 42.5 Å². The lowest BCUT2D eigenvalue weighted by molar-refractivity contribution is -0.384. The van der Waals surface area contributed by atoms with E-state index in [2.05, 4.69) is 10.6 Å². The molecule has 164 valence electrons. The summed E-state index contributed by atoms with van der Waals surface area (Å²) in [5.74, 6) is -0.351. The Morgan fingerprint density at radius 1 is 1.00 bits per heavy atom. The first-order valence-corrected chi connectivity index (χ1v) is 10.9. The third-order valence-corrected chi connectivity index (χ3v) is 5.83. The second kappa shape index (κ2) is 10.6. The van der Waals surface area contributed by atoms with Crippen molar-refractivity contribution in [2.45, 2.75) is 30.4 Å². The van der Waals surface area contributed by atoms with E-state index in [1.165, 1.54) is 23.9 Å². The van der Waals surface area contributed by atoms with Crippen LogP contribution >= 0.6 is 11.8 Å². The van der Waals surface area contributed by atoms with Gasteiger partial charge in [0.1, 0.15) is 0 Å². The van der Waals surface area contributed by atoms with Gasteiger partial charge in [-0.05, 0) is 49.2 Å². The molecule has 2 amide bonds. The fourth-order valence-corrected chi connectivity index (χ4v) is 3.82. The molecule has 0 spiro atoms. The third kappa shape index (κ3) is 6.42. The van der Waals surface area contributed by atoms with Crippen molar-refractivity contribution in [2.24, 2.45) is 0 Å². The maximum Gasteiger partial charge on any atom is 0.271 e. The van der Waals surface area contributed by atoms with Gasteiger partial charge in [0.25, 0.3) is 5.69 Å². The lowest BCUT2D eigenvalue weighted by atomic mass is 10.1. The van der Waals surface area contributed by atoms with Crippen LogP contribution in [0.4, 0.5) is 17.1 Å². The number of amides is 2. The van der Waals surface area contributed by atoms with Crippen molar-refractivity contribution in [1.82, 2.24) is 0 Å². The number of nitrogens with zero attached hydrogens (tertiary/aromatic N) is 1. The highest BCUT2D eigenvalue weighted by atomic mass is 32.2. The van der Waals surface area contributed by atoms with E-state index in [0.29, 0.717) is 17.8 Å². The molecule has 0 saturated heterocycles. The van der Waals surface area contributed by atoms with Gasteiger partial charge in [-0.15, -0.1) is 11.8 Å². The summed E-state index contributed by atoms with van der Waals surface area (Å²) in [5.41, 5.74) is 2.72. The number of non-ortho nitro benzene ring substituents is 1. The molecule has 3 rings (SSSR count). The quantitative estimate of drug-likeness (QED) is 0.279. The van der Waals surface area contributed by atoms with Gasteiger partial charge in [0.2, 0.25) is 11.8 Å². The monoisotopic (exact) mass is 449 g/mol. The van der Waals surface area contributed by atoms with Crippen LogP contribution in [0.3, 0.4) is 0 Å². The SMILES string of the molecule is Cc1ccc([N+](=O)[O-])cc1NC(=O)C(C)Sc1ccc(NC(=O)Cc2ccccc2)cc1. The molecule has 1 unspecified atom stereocenters. The molecule has 0 aliphatic rings. The Bertz CT molecular complexity index is 1120. The first-order valence-electron chi connectivity index (χ1n) is 9.98. The minimum atomic E-state index is -0.493. The van der Waals surface area contributed by atoms with Crippen molar-refractivity contribution in [2.75, 3.05) is 10.6 Å². The molecule has 0 bridgehead atoms. The van der Waals surface area contributed by atoms with Crippen LogP contribution in [0.5, 0.6) is 0 Å². The molecule has 3 aromatic carbocycles. The highest BCUT2D eigenvalue weighted by molar-refractivity contribution is 8.00. The van der Waals surface area contributed by atoms with Crippen molar-refractivity contribution in [1.29, 1.82) is 0 Å². The van der Waals surface area contributed by atoms with Crippen molar-refractivity contribution in [3.63, 3.8) is 0 Å². The molecule has 7 nitrogen and oxygen atoms in total. The van der Waals surface area contributed by atoms with Crippen molar-refractivity contribution in [3.05, 3.63) is 94.0 Å². The zero-order valence-electron chi connectivity index (χ0n) is 17.7. The molecule has 0 radical (unpaired) electrons.